The molecule has 0 fully saturated rings. The van der Waals surface area contributed by atoms with Gasteiger partial charge in [0.05, 0.1) is 0 Å². The molecule has 1 unspecified atom stereocenters. The summed E-state index contributed by atoms with van der Waals surface area (Å²) in [6, 6.07) is 0. The Morgan fingerprint density at radius 2 is 0.667 bits per heavy atom. The standard InChI is InChI=1S/C57H98O6/c1-4-7-10-13-16-19-22-25-27-28-29-30-33-35-38-41-44-47-50-56(59)62-53-54(52-61-55(58)49-46-43-40-37-34-31-24-21-18-15-12-9-6-3)63-57(60)51-48-45-42-39-36-32-26-23-20-17-14-11-8-5-2/h22,25,27-32,34,36,40,43,54H,4-21,23-24,26,33,35,37-39,41-42,44-53H2,1-3H3/b25-22+,28-27+,30-29+,34-31+,36-32+,43-40+. The number of esters is 3. The van der Waals surface area contributed by atoms with Crippen LogP contribution in [0.15, 0.2) is 72.9 Å². The Hall–Kier alpha value is -3.15. The van der Waals surface area contributed by atoms with Crippen LogP contribution in [0.4, 0.5) is 0 Å². The van der Waals surface area contributed by atoms with Crippen molar-refractivity contribution in [2.45, 2.75) is 258 Å². The van der Waals surface area contributed by atoms with Crippen LogP contribution in [0.1, 0.15) is 252 Å². The van der Waals surface area contributed by atoms with Crippen LogP contribution in [-0.2, 0) is 28.6 Å². The number of hydrogen-bond acceptors (Lipinski definition) is 6. The van der Waals surface area contributed by atoms with Crippen LogP contribution in [0.25, 0.3) is 0 Å². The molecule has 0 aromatic carbocycles. The van der Waals surface area contributed by atoms with Gasteiger partial charge in [0.2, 0.25) is 0 Å². The molecule has 63 heavy (non-hydrogen) atoms. The molecule has 0 aliphatic rings. The molecule has 362 valence electrons. The average Bonchev–Trinajstić information content (AvgIpc) is 3.28. The second-order valence-corrected chi connectivity index (χ2v) is 17.5. The van der Waals surface area contributed by atoms with Gasteiger partial charge in [0.25, 0.3) is 0 Å². The third kappa shape index (κ3) is 49.7. The van der Waals surface area contributed by atoms with E-state index in [0.717, 1.165) is 89.9 Å². The zero-order chi connectivity index (χ0) is 45.8. The predicted molar refractivity (Wildman–Crippen MR) is 270 cm³/mol. The molecule has 0 spiro atoms. The maximum atomic E-state index is 12.8. The quantitative estimate of drug-likeness (QED) is 0.0199. The Kier molecular flexibility index (Phi) is 48.9. The lowest BCUT2D eigenvalue weighted by atomic mass is 10.1. The molecule has 0 saturated heterocycles. The normalized spacial score (nSPS) is 12.6. The van der Waals surface area contributed by atoms with Gasteiger partial charge in [-0.25, -0.2) is 0 Å². The van der Waals surface area contributed by atoms with Crippen molar-refractivity contribution in [2.75, 3.05) is 13.2 Å². The van der Waals surface area contributed by atoms with E-state index in [-0.39, 0.29) is 37.5 Å². The van der Waals surface area contributed by atoms with E-state index in [1.54, 1.807) is 0 Å². The van der Waals surface area contributed by atoms with Crippen LogP contribution < -0.4 is 0 Å². The topological polar surface area (TPSA) is 78.9 Å². The van der Waals surface area contributed by atoms with E-state index < -0.39 is 6.10 Å². The lowest BCUT2D eigenvalue weighted by Crippen LogP contribution is -2.30. The Morgan fingerprint density at radius 3 is 1.13 bits per heavy atom. The van der Waals surface area contributed by atoms with E-state index in [9.17, 15) is 14.4 Å². The van der Waals surface area contributed by atoms with Gasteiger partial charge in [0.1, 0.15) is 13.2 Å². The second-order valence-electron chi connectivity index (χ2n) is 17.5. The van der Waals surface area contributed by atoms with E-state index in [1.165, 1.54) is 116 Å². The van der Waals surface area contributed by atoms with Gasteiger partial charge in [0, 0.05) is 19.3 Å². The largest absolute Gasteiger partial charge is 0.462 e. The summed E-state index contributed by atoms with van der Waals surface area (Å²) in [5.74, 6) is -1.01. The van der Waals surface area contributed by atoms with Crippen molar-refractivity contribution in [2.24, 2.45) is 0 Å². The number of carbonyl (C=O) groups is 3. The van der Waals surface area contributed by atoms with E-state index in [2.05, 4.69) is 87.6 Å². The smallest absolute Gasteiger partial charge is 0.306 e. The highest BCUT2D eigenvalue weighted by Gasteiger charge is 2.19. The molecular weight excluding hydrogens is 781 g/mol. The first-order valence-corrected chi connectivity index (χ1v) is 26.5. The molecule has 0 rings (SSSR count). The number of carbonyl (C=O) groups excluding carboxylic acids is 3. The minimum atomic E-state index is -0.813. The van der Waals surface area contributed by atoms with Crippen LogP contribution in [0.3, 0.4) is 0 Å². The highest BCUT2D eigenvalue weighted by Crippen LogP contribution is 2.13. The maximum Gasteiger partial charge on any atom is 0.306 e. The SMILES string of the molecule is CCCCCCC/C=C/C=C/C=C/CCCCCCCC(=O)OCC(COC(=O)CC/C=C/C/C=C/CCCCCCCC)OC(=O)CCCCC/C=C/CCCCCCCCC. The minimum Gasteiger partial charge on any atom is -0.462 e. The first kappa shape index (κ1) is 59.9. The molecule has 0 bridgehead atoms. The third-order valence-corrected chi connectivity index (χ3v) is 11.2. The predicted octanol–water partition coefficient (Wildman–Crippen LogP) is 17.4. The van der Waals surface area contributed by atoms with Gasteiger partial charge in [-0.3, -0.25) is 14.4 Å². The average molecular weight is 879 g/mol. The Morgan fingerprint density at radius 1 is 0.333 bits per heavy atom. The van der Waals surface area contributed by atoms with Crippen LogP contribution >= 0.6 is 0 Å². The fourth-order valence-corrected chi connectivity index (χ4v) is 7.20. The number of unbranched alkanes of at least 4 members (excludes halogenated alkanes) is 26. The van der Waals surface area contributed by atoms with Crippen molar-refractivity contribution >= 4 is 17.9 Å². The van der Waals surface area contributed by atoms with E-state index in [1.807, 2.05) is 6.08 Å². The zero-order valence-corrected chi connectivity index (χ0v) is 41.3. The Labute approximate surface area is 389 Å². The lowest BCUT2D eigenvalue weighted by molar-refractivity contribution is -0.166. The summed E-state index contributed by atoms with van der Waals surface area (Å²) in [6.45, 7) is 6.53. The monoisotopic (exact) mass is 879 g/mol. The zero-order valence-electron chi connectivity index (χ0n) is 41.3. The Balaban J connectivity index is 4.49. The number of hydrogen-bond donors (Lipinski definition) is 0. The number of allylic oxidation sites excluding steroid dienone is 12. The highest BCUT2D eigenvalue weighted by atomic mass is 16.6. The first-order valence-electron chi connectivity index (χ1n) is 26.5. The van der Waals surface area contributed by atoms with Crippen molar-refractivity contribution < 1.29 is 28.6 Å². The number of ether oxygens (including phenoxy) is 3. The summed E-state index contributed by atoms with van der Waals surface area (Å²) >= 11 is 0. The molecule has 1 atom stereocenters. The molecule has 0 saturated carbocycles. The summed E-state index contributed by atoms with van der Waals surface area (Å²) in [6.07, 6.45) is 64.7. The molecule has 0 aliphatic carbocycles. The summed E-state index contributed by atoms with van der Waals surface area (Å²) in [5, 5.41) is 0. The molecular formula is C57H98O6. The van der Waals surface area contributed by atoms with Gasteiger partial charge in [0.15, 0.2) is 6.10 Å². The van der Waals surface area contributed by atoms with Gasteiger partial charge in [-0.05, 0) is 89.9 Å². The summed E-state index contributed by atoms with van der Waals surface area (Å²) in [7, 11) is 0. The molecule has 0 radical (unpaired) electrons. The molecule has 0 heterocycles. The minimum absolute atomic E-state index is 0.109. The third-order valence-electron chi connectivity index (χ3n) is 11.2. The molecule has 6 nitrogen and oxygen atoms in total. The van der Waals surface area contributed by atoms with Gasteiger partial charge in [-0.15, -0.1) is 0 Å². The van der Waals surface area contributed by atoms with E-state index >= 15 is 0 Å². The lowest BCUT2D eigenvalue weighted by Gasteiger charge is -2.18. The first-order chi connectivity index (χ1) is 31.0. The summed E-state index contributed by atoms with van der Waals surface area (Å²) in [5.41, 5.74) is 0. The molecule has 0 N–H and O–H groups in total. The molecule has 0 aromatic heterocycles. The van der Waals surface area contributed by atoms with Gasteiger partial charge in [-0.2, -0.15) is 0 Å². The van der Waals surface area contributed by atoms with Crippen LogP contribution in [0, 0.1) is 0 Å². The van der Waals surface area contributed by atoms with Gasteiger partial charge in [-0.1, -0.05) is 216 Å². The van der Waals surface area contributed by atoms with Crippen molar-refractivity contribution in [3.8, 4) is 0 Å². The fraction of sp³-hybridized carbons (Fsp3) is 0.737. The van der Waals surface area contributed by atoms with E-state index in [4.69, 9.17) is 14.2 Å². The fourth-order valence-electron chi connectivity index (χ4n) is 7.20. The van der Waals surface area contributed by atoms with Crippen molar-refractivity contribution in [1.82, 2.24) is 0 Å². The molecule has 0 aliphatic heterocycles. The van der Waals surface area contributed by atoms with E-state index in [0.29, 0.717) is 19.3 Å². The van der Waals surface area contributed by atoms with Crippen molar-refractivity contribution in [1.29, 1.82) is 0 Å². The van der Waals surface area contributed by atoms with Crippen molar-refractivity contribution in [3.63, 3.8) is 0 Å². The molecule has 0 amide bonds. The number of rotatable bonds is 47. The maximum absolute atomic E-state index is 12.8. The van der Waals surface area contributed by atoms with Crippen LogP contribution in [0.2, 0.25) is 0 Å². The van der Waals surface area contributed by atoms with Gasteiger partial charge < -0.3 is 14.2 Å². The summed E-state index contributed by atoms with van der Waals surface area (Å²) < 4.78 is 16.7. The van der Waals surface area contributed by atoms with Crippen LogP contribution in [-0.4, -0.2) is 37.2 Å². The molecule has 0 aromatic rings. The van der Waals surface area contributed by atoms with Crippen LogP contribution in [0.5, 0.6) is 0 Å². The molecule has 6 heteroatoms. The van der Waals surface area contributed by atoms with Crippen molar-refractivity contribution in [3.05, 3.63) is 72.9 Å². The Bertz CT molecular complexity index is 1190. The second kappa shape index (κ2) is 51.5. The van der Waals surface area contributed by atoms with Gasteiger partial charge >= 0.3 is 17.9 Å². The highest BCUT2D eigenvalue weighted by molar-refractivity contribution is 5.71. The summed E-state index contributed by atoms with van der Waals surface area (Å²) in [4.78, 5) is 37.9.